The van der Waals surface area contributed by atoms with Gasteiger partial charge in [-0.15, -0.1) is 5.10 Å². The van der Waals surface area contributed by atoms with E-state index in [-0.39, 0.29) is 0 Å². The monoisotopic (exact) mass is 310 g/mol. The van der Waals surface area contributed by atoms with Crippen LogP contribution in [0.1, 0.15) is 0 Å². The summed E-state index contributed by atoms with van der Waals surface area (Å²) in [7, 11) is 5.41. The molecular formula is C11H18N8OS. The summed E-state index contributed by atoms with van der Waals surface area (Å²) in [6.45, 7) is 0. The van der Waals surface area contributed by atoms with E-state index in [0.29, 0.717) is 12.0 Å². The van der Waals surface area contributed by atoms with Crippen molar-refractivity contribution >= 4 is 29.0 Å². The van der Waals surface area contributed by atoms with Crippen molar-refractivity contribution in [2.24, 2.45) is 0 Å². The smallest absolute Gasteiger partial charge is 0.314 e. The van der Waals surface area contributed by atoms with Crippen molar-refractivity contribution in [2.75, 3.05) is 37.1 Å². The van der Waals surface area contributed by atoms with Crippen molar-refractivity contribution in [3.63, 3.8) is 0 Å². The SMILES string of the molecule is CNc1ccsc1.CNc1ncn[nH]1.CNc1nnco1. The molecule has 0 aliphatic heterocycles. The van der Waals surface area contributed by atoms with Gasteiger partial charge >= 0.3 is 6.01 Å². The van der Waals surface area contributed by atoms with Gasteiger partial charge in [0.2, 0.25) is 12.3 Å². The van der Waals surface area contributed by atoms with Gasteiger partial charge in [-0.2, -0.15) is 16.4 Å². The fourth-order valence-corrected chi connectivity index (χ4v) is 1.66. The van der Waals surface area contributed by atoms with E-state index < -0.39 is 0 Å². The van der Waals surface area contributed by atoms with Gasteiger partial charge in [-0.25, -0.2) is 10.1 Å². The summed E-state index contributed by atoms with van der Waals surface area (Å²) in [6.07, 6.45) is 2.72. The molecule has 0 aliphatic carbocycles. The van der Waals surface area contributed by atoms with E-state index >= 15 is 0 Å². The molecule has 4 N–H and O–H groups in total. The first kappa shape index (κ1) is 16.4. The van der Waals surface area contributed by atoms with Crippen molar-refractivity contribution in [1.82, 2.24) is 25.4 Å². The Labute approximate surface area is 126 Å². The average molecular weight is 310 g/mol. The molecule has 0 aromatic carbocycles. The van der Waals surface area contributed by atoms with Gasteiger partial charge in [0.1, 0.15) is 6.33 Å². The third-order valence-electron chi connectivity index (χ3n) is 2.04. The molecule has 0 fully saturated rings. The Kier molecular flexibility index (Phi) is 7.98. The molecule has 10 heteroatoms. The molecule has 9 nitrogen and oxygen atoms in total. The summed E-state index contributed by atoms with van der Waals surface area (Å²) >= 11 is 1.70. The van der Waals surface area contributed by atoms with Gasteiger partial charge in [-0.05, 0) is 11.4 Å². The van der Waals surface area contributed by atoms with Crippen LogP contribution in [0.3, 0.4) is 0 Å². The fraction of sp³-hybridized carbons (Fsp3) is 0.273. The lowest BCUT2D eigenvalue weighted by Crippen LogP contribution is -1.88. The van der Waals surface area contributed by atoms with Crippen molar-refractivity contribution in [3.8, 4) is 0 Å². The Hall–Kier alpha value is -2.62. The standard InChI is InChI=1S/C5H7NS.C3H6N4.C3H5N3O/c1-6-5-2-3-7-4-5;1-4-3-5-2-6-7-3;1-4-3-6-5-2-7-3/h2-4,6H,1H3;2H,1H3,(H2,4,5,6,7);2H,1H3,(H,4,6). The minimum atomic E-state index is 0.444. The Morgan fingerprint density at radius 2 is 2.05 bits per heavy atom. The second kappa shape index (κ2) is 10.2. The quantitative estimate of drug-likeness (QED) is 0.578. The van der Waals surface area contributed by atoms with Crippen molar-refractivity contribution in [2.45, 2.75) is 0 Å². The number of anilines is 3. The Morgan fingerprint density at radius 1 is 1.19 bits per heavy atom. The van der Waals surface area contributed by atoms with E-state index in [1.165, 1.54) is 18.4 Å². The predicted molar refractivity (Wildman–Crippen MR) is 83.6 cm³/mol. The Morgan fingerprint density at radius 3 is 2.33 bits per heavy atom. The van der Waals surface area contributed by atoms with Crippen LogP contribution in [0.25, 0.3) is 0 Å². The van der Waals surface area contributed by atoms with Crippen molar-refractivity contribution < 1.29 is 4.42 Å². The molecule has 0 spiro atoms. The topological polar surface area (TPSA) is 117 Å². The maximum Gasteiger partial charge on any atom is 0.314 e. The van der Waals surface area contributed by atoms with E-state index in [2.05, 4.69) is 51.1 Å². The van der Waals surface area contributed by atoms with Crippen LogP contribution in [0.4, 0.5) is 17.7 Å². The lowest BCUT2D eigenvalue weighted by Gasteiger charge is -1.86. The zero-order chi connectivity index (χ0) is 15.3. The summed E-state index contributed by atoms with van der Waals surface area (Å²) in [5.74, 6) is 0.694. The van der Waals surface area contributed by atoms with Gasteiger partial charge < -0.3 is 20.4 Å². The third-order valence-corrected chi connectivity index (χ3v) is 2.72. The Balaban J connectivity index is 0.000000157. The molecule has 0 aliphatic rings. The van der Waals surface area contributed by atoms with E-state index in [1.807, 2.05) is 18.5 Å². The van der Waals surface area contributed by atoms with Gasteiger partial charge in [0.05, 0.1) is 0 Å². The molecule has 0 atom stereocenters. The molecule has 3 rings (SSSR count). The third kappa shape index (κ3) is 6.92. The van der Waals surface area contributed by atoms with E-state index in [0.717, 1.165) is 0 Å². The van der Waals surface area contributed by atoms with Crippen LogP contribution in [0.5, 0.6) is 0 Å². The molecule has 21 heavy (non-hydrogen) atoms. The van der Waals surface area contributed by atoms with Crippen LogP contribution in [-0.4, -0.2) is 46.5 Å². The number of aromatic amines is 1. The first-order valence-corrected chi connectivity index (χ1v) is 6.91. The van der Waals surface area contributed by atoms with Gasteiger partial charge in [0.15, 0.2) is 0 Å². The van der Waals surface area contributed by atoms with Crippen molar-refractivity contribution in [3.05, 3.63) is 29.5 Å². The summed E-state index contributed by atoms with van der Waals surface area (Å²) in [5.41, 5.74) is 1.20. The zero-order valence-corrected chi connectivity index (χ0v) is 12.8. The highest BCUT2D eigenvalue weighted by Gasteiger charge is 1.86. The summed E-state index contributed by atoms with van der Waals surface area (Å²) in [5, 5.41) is 25.7. The van der Waals surface area contributed by atoms with E-state index in [4.69, 9.17) is 0 Å². The maximum atomic E-state index is 4.65. The number of nitrogens with one attached hydrogen (secondary N) is 4. The molecule has 0 radical (unpaired) electrons. The van der Waals surface area contributed by atoms with Crippen LogP contribution in [-0.2, 0) is 0 Å². The molecule has 3 heterocycles. The molecule has 0 unspecified atom stereocenters. The molecular weight excluding hydrogens is 292 g/mol. The summed E-state index contributed by atoms with van der Waals surface area (Å²) < 4.78 is 4.65. The van der Waals surface area contributed by atoms with Crippen molar-refractivity contribution in [1.29, 1.82) is 0 Å². The van der Waals surface area contributed by atoms with Crippen LogP contribution in [0, 0.1) is 0 Å². The lowest BCUT2D eigenvalue weighted by atomic mass is 10.5. The minimum Gasteiger partial charge on any atom is -0.411 e. The number of thiophene rings is 1. The van der Waals surface area contributed by atoms with Gasteiger partial charge in [0, 0.05) is 32.2 Å². The highest BCUT2D eigenvalue weighted by Crippen LogP contribution is 2.09. The molecule has 0 saturated heterocycles. The number of nitrogens with zero attached hydrogens (tertiary/aromatic N) is 4. The second-order valence-electron chi connectivity index (χ2n) is 3.34. The normalized spacial score (nSPS) is 8.71. The fourth-order valence-electron chi connectivity index (χ4n) is 1.01. The van der Waals surface area contributed by atoms with Crippen LogP contribution in [0.15, 0.2) is 34.0 Å². The van der Waals surface area contributed by atoms with Crippen LogP contribution >= 0.6 is 11.3 Å². The minimum absolute atomic E-state index is 0.444. The lowest BCUT2D eigenvalue weighted by molar-refractivity contribution is 0.569. The van der Waals surface area contributed by atoms with E-state index in [1.54, 1.807) is 25.4 Å². The Bertz CT molecular complexity index is 455. The average Bonchev–Trinajstić information content (AvgIpc) is 3.31. The van der Waals surface area contributed by atoms with Crippen LogP contribution < -0.4 is 16.0 Å². The molecule has 0 bridgehead atoms. The largest absolute Gasteiger partial charge is 0.411 e. The molecule has 3 aromatic rings. The first-order valence-electron chi connectivity index (χ1n) is 5.97. The molecule has 3 aromatic heterocycles. The predicted octanol–water partition coefficient (Wildman–Crippen LogP) is 1.75. The summed E-state index contributed by atoms with van der Waals surface area (Å²) in [4.78, 5) is 3.76. The number of H-pyrrole nitrogens is 1. The zero-order valence-electron chi connectivity index (χ0n) is 12.0. The molecule has 0 amide bonds. The number of rotatable bonds is 3. The molecule has 0 saturated carbocycles. The number of hydrogen-bond acceptors (Lipinski definition) is 9. The van der Waals surface area contributed by atoms with Gasteiger partial charge in [-0.1, -0.05) is 5.10 Å². The number of hydrogen-bond donors (Lipinski definition) is 4. The van der Waals surface area contributed by atoms with Gasteiger partial charge in [0.25, 0.3) is 0 Å². The first-order chi connectivity index (χ1) is 10.3. The summed E-state index contributed by atoms with van der Waals surface area (Å²) in [6, 6.07) is 2.49. The van der Waals surface area contributed by atoms with E-state index in [9.17, 15) is 0 Å². The highest BCUT2D eigenvalue weighted by atomic mass is 32.1. The molecule has 114 valence electrons. The van der Waals surface area contributed by atoms with Crippen LogP contribution in [0.2, 0.25) is 0 Å². The highest BCUT2D eigenvalue weighted by molar-refractivity contribution is 7.08. The maximum absolute atomic E-state index is 4.65. The second-order valence-corrected chi connectivity index (χ2v) is 4.12. The van der Waals surface area contributed by atoms with Gasteiger partial charge in [-0.3, -0.25) is 0 Å². The number of aromatic nitrogens is 5.